The van der Waals surface area contributed by atoms with Crippen LogP contribution in [0.1, 0.15) is 29.7 Å². The highest BCUT2D eigenvalue weighted by molar-refractivity contribution is 7.98. The second-order valence-corrected chi connectivity index (χ2v) is 6.82. The maximum atomic E-state index is 12.1. The fraction of sp³-hybridized carbons (Fsp3) is 0.412. The highest BCUT2D eigenvalue weighted by atomic mass is 32.2. The third-order valence-corrected chi connectivity index (χ3v) is 4.94. The van der Waals surface area contributed by atoms with Gasteiger partial charge in [0.15, 0.2) is 5.16 Å². The monoisotopic (exact) mass is 315 g/mol. The summed E-state index contributed by atoms with van der Waals surface area (Å²) in [5.74, 6) is 0.815. The van der Waals surface area contributed by atoms with Gasteiger partial charge in [-0.2, -0.15) is 0 Å². The second kappa shape index (κ2) is 6.57. The predicted octanol–water partition coefficient (Wildman–Crippen LogP) is 3.01. The Morgan fingerprint density at radius 3 is 2.64 bits per heavy atom. The van der Waals surface area contributed by atoms with E-state index in [9.17, 15) is 4.79 Å². The highest BCUT2D eigenvalue weighted by Gasteiger charge is 2.15. The van der Waals surface area contributed by atoms with Gasteiger partial charge in [0, 0.05) is 31.1 Å². The number of nitrogens with one attached hydrogen (secondary N) is 1. The number of anilines is 1. The van der Waals surface area contributed by atoms with Crippen molar-refractivity contribution in [2.45, 2.75) is 36.6 Å². The predicted molar refractivity (Wildman–Crippen MR) is 91.8 cm³/mol. The second-order valence-electron chi connectivity index (χ2n) is 5.85. The van der Waals surface area contributed by atoms with Crippen molar-refractivity contribution in [3.05, 3.63) is 51.4 Å². The van der Waals surface area contributed by atoms with Crippen LogP contribution in [0.2, 0.25) is 0 Å². The number of aromatic amines is 1. The molecular weight excluding hydrogens is 294 g/mol. The van der Waals surface area contributed by atoms with Crippen molar-refractivity contribution in [3.8, 4) is 0 Å². The molecule has 5 heteroatoms. The molecule has 0 saturated heterocycles. The van der Waals surface area contributed by atoms with E-state index in [1.807, 2.05) is 14.1 Å². The molecule has 4 nitrogen and oxygen atoms in total. The Labute approximate surface area is 135 Å². The van der Waals surface area contributed by atoms with E-state index in [1.54, 1.807) is 11.8 Å². The van der Waals surface area contributed by atoms with Gasteiger partial charge in [0.05, 0.1) is 5.69 Å². The van der Waals surface area contributed by atoms with Crippen LogP contribution in [0, 0.1) is 0 Å². The summed E-state index contributed by atoms with van der Waals surface area (Å²) in [6.45, 7) is 0. The Morgan fingerprint density at radius 1 is 1.18 bits per heavy atom. The molecule has 0 saturated carbocycles. The van der Waals surface area contributed by atoms with Gasteiger partial charge in [-0.05, 0) is 43.4 Å². The van der Waals surface area contributed by atoms with E-state index in [0.29, 0.717) is 0 Å². The Hall–Kier alpha value is -1.75. The molecule has 3 rings (SSSR count). The first-order valence-electron chi connectivity index (χ1n) is 7.64. The van der Waals surface area contributed by atoms with E-state index in [4.69, 9.17) is 0 Å². The largest absolute Gasteiger partial charge is 0.378 e. The molecule has 1 N–H and O–H groups in total. The number of aromatic nitrogens is 2. The fourth-order valence-corrected chi connectivity index (χ4v) is 3.53. The number of aryl methyl sites for hydroxylation is 1. The number of hydrogen-bond donors (Lipinski definition) is 1. The Balaban J connectivity index is 1.71. The van der Waals surface area contributed by atoms with Crippen molar-refractivity contribution in [2.75, 3.05) is 19.0 Å². The summed E-state index contributed by atoms with van der Waals surface area (Å²) in [7, 11) is 4.07. The molecule has 0 radical (unpaired) electrons. The summed E-state index contributed by atoms with van der Waals surface area (Å²) in [6.07, 6.45) is 4.04. The number of hydrogen-bond acceptors (Lipinski definition) is 4. The Morgan fingerprint density at radius 2 is 1.91 bits per heavy atom. The van der Waals surface area contributed by atoms with Gasteiger partial charge in [-0.15, -0.1) is 0 Å². The maximum absolute atomic E-state index is 12.1. The lowest BCUT2D eigenvalue weighted by Gasteiger charge is -2.14. The molecule has 1 aliphatic rings. The van der Waals surface area contributed by atoms with E-state index in [2.05, 4.69) is 39.1 Å². The summed E-state index contributed by atoms with van der Waals surface area (Å²) in [5, 5.41) is 0.738. The van der Waals surface area contributed by atoms with E-state index in [-0.39, 0.29) is 5.56 Å². The van der Waals surface area contributed by atoms with Crippen LogP contribution in [0.5, 0.6) is 0 Å². The lowest BCUT2D eigenvalue weighted by molar-refractivity contribution is 0.641. The lowest BCUT2D eigenvalue weighted by atomic mass is 9.97. The van der Waals surface area contributed by atoms with Gasteiger partial charge in [-0.1, -0.05) is 23.9 Å². The topological polar surface area (TPSA) is 49.0 Å². The molecule has 1 aliphatic carbocycles. The van der Waals surface area contributed by atoms with Crippen LogP contribution >= 0.6 is 11.8 Å². The third-order valence-electron chi connectivity index (χ3n) is 4.00. The van der Waals surface area contributed by atoms with Crippen LogP contribution in [0.4, 0.5) is 5.69 Å². The minimum absolute atomic E-state index is 0.0511. The molecule has 0 unspecified atom stereocenters. The molecule has 0 atom stereocenters. The van der Waals surface area contributed by atoms with Crippen LogP contribution in [-0.2, 0) is 18.6 Å². The van der Waals surface area contributed by atoms with Crippen molar-refractivity contribution in [1.29, 1.82) is 0 Å². The molecule has 0 bridgehead atoms. The normalized spacial score (nSPS) is 13.7. The van der Waals surface area contributed by atoms with Gasteiger partial charge in [0.1, 0.15) is 0 Å². The molecule has 2 aromatic rings. The number of nitrogens with zero attached hydrogens (tertiary/aromatic N) is 2. The van der Waals surface area contributed by atoms with Crippen LogP contribution in [0.3, 0.4) is 0 Å². The number of thioether (sulfide) groups is 1. The number of H-pyrrole nitrogens is 1. The van der Waals surface area contributed by atoms with Crippen molar-refractivity contribution >= 4 is 17.4 Å². The van der Waals surface area contributed by atoms with Gasteiger partial charge in [-0.25, -0.2) is 4.98 Å². The molecule has 0 aliphatic heterocycles. The van der Waals surface area contributed by atoms with Gasteiger partial charge >= 0.3 is 0 Å². The molecule has 0 spiro atoms. The van der Waals surface area contributed by atoms with E-state index in [0.717, 1.165) is 47.8 Å². The molecular formula is C17H21N3OS. The minimum atomic E-state index is 0.0511. The van der Waals surface area contributed by atoms with Crippen molar-refractivity contribution in [2.24, 2.45) is 0 Å². The minimum Gasteiger partial charge on any atom is -0.378 e. The van der Waals surface area contributed by atoms with Crippen LogP contribution in [0.25, 0.3) is 0 Å². The van der Waals surface area contributed by atoms with E-state index in [1.165, 1.54) is 11.3 Å². The summed E-state index contributed by atoms with van der Waals surface area (Å²) in [6, 6.07) is 8.47. The zero-order valence-electron chi connectivity index (χ0n) is 13.1. The van der Waals surface area contributed by atoms with Gasteiger partial charge in [0.25, 0.3) is 5.56 Å². The number of benzene rings is 1. The van der Waals surface area contributed by atoms with Gasteiger partial charge < -0.3 is 9.88 Å². The Kier molecular flexibility index (Phi) is 4.52. The number of rotatable bonds is 4. The molecule has 1 aromatic carbocycles. The van der Waals surface area contributed by atoms with E-state index < -0.39 is 0 Å². The van der Waals surface area contributed by atoms with Crippen LogP contribution < -0.4 is 10.5 Å². The SMILES string of the molecule is CN(C)c1ccc(CSc2nc3c(c(=O)[nH]2)CCCC3)cc1. The fourth-order valence-electron chi connectivity index (χ4n) is 2.69. The standard InChI is InChI=1S/C17H21N3OS/c1-20(2)13-9-7-12(8-10-13)11-22-17-18-15-6-4-3-5-14(15)16(21)19-17/h7-10H,3-6,11H2,1-2H3,(H,18,19,21). The molecule has 1 heterocycles. The van der Waals surface area contributed by atoms with Crippen molar-refractivity contribution in [3.63, 3.8) is 0 Å². The van der Waals surface area contributed by atoms with Crippen LogP contribution in [-0.4, -0.2) is 24.1 Å². The van der Waals surface area contributed by atoms with Crippen molar-refractivity contribution in [1.82, 2.24) is 9.97 Å². The Bertz CT molecular complexity index is 707. The van der Waals surface area contributed by atoms with Gasteiger partial charge in [0.2, 0.25) is 0 Å². The average molecular weight is 315 g/mol. The third kappa shape index (κ3) is 3.35. The van der Waals surface area contributed by atoms with Crippen molar-refractivity contribution < 1.29 is 0 Å². The summed E-state index contributed by atoms with van der Waals surface area (Å²) in [4.78, 5) is 21.7. The molecule has 22 heavy (non-hydrogen) atoms. The first-order chi connectivity index (χ1) is 10.6. The number of fused-ring (bicyclic) bond motifs is 1. The molecule has 116 valence electrons. The lowest BCUT2D eigenvalue weighted by Crippen LogP contribution is -2.21. The smallest absolute Gasteiger partial charge is 0.254 e. The summed E-state index contributed by atoms with van der Waals surface area (Å²) < 4.78 is 0. The molecule has 1 aromatic heterocycles. The van der Waals surface area contributed by atoms with Gasteiger partial charge in [-0.3, -0.25) is 4.79 Å². The zero-order chi connectivity index (χ0) is 15.5. The molecule has 0 fully saturated rings. The summed E-state index contributed by atoms with van der Waals surface area (Å²) in [5.41, 5.74) is 4.37. The first kappa shape index (κ1) is 15.2. The highest BCUT2D eigenvalue weighted by Crippen LogP contribution is 2.23. The molecule has 0 amide bonds. The average Bonchev–Trinajstić information content (AvgIpc) is 2.53. The van der Waals surface area contributed by atoms with E-state index >= 15 is 0 Å². The maximum Gasteiger partial charge on any atom is 0.254 e. The zero-order valence-corrected chi connectivity index (χ0v) is 13.9. The quantitative estimate of drug-likeness (QED) is 0.696. The summed E-state index contributed by atoms with van der Waals surface area (Å²) >= 11 is 1.59. The van der Waals surface area contributed by atoms with Crippen LogP contribution in [0.15, 0.2) is 34.2 Å². The first-order valence-corrected chi connectivity index (χ1v) is 8.63.